The molecule has 3 nitrogen and oxygen atoms in total. The van der Waals surface area contributed by atoms with E-state index in [-0.39, 0.29) is 5.88 Å². The summed E-state index contributed by atoms with van der Waals surface area (Å²) >= 11 is 12.4. The Morgan fingerprint density at radius 3 is 2.33 bits per heavy atom. The Morgan fingerprint density at radius 2 is 1.80 bits per heavy atom. The fourth-order valence-electron chi connectivity index (χ4n) is 1.10. The molecule has 0 aliphatic carbocycles. The number of hydrogen-bond acceptors (Lipinski definition) is 3. The van der Waals surface area contributed by atoms with Crippen LogP contribution in [0.3, 0.4) is 0 Å². The molecule has 1 aromatic heterocycles. The van der Waals surface area contributed by atoms with Crippen LogP contribution in [-0.4, -0.2) is 10.2 Å². The fourth-order valence-corrected chi connectivity index (χ4v) is 2.50. The third kappa shape index (κ3) is 2.59. The molecule has 0 saturated heterocycles. The highest BCUT2D eigenvalue weighted by atomic mass is 79.9. The van der Waals surface area contributed by atoms with E-state index in [1.807, 2.05) is 18.2 Å². The second-order valence-corrected chi connectivity index (χ2v) is 4.89. The highest BCUT2D eigenvalue weighted by Crippen LogP contribution is 2.26. The van der Waals surface area contributed by atoms with Gasteiger partial charge in [-0.15, -0.1) is 21.8 Å². The lowest BCUT2D eigenvalue weighted by Gasteiger charge is -1.97. The minimum absolute atomic E-state index is 0.224. The quantitative estimate of drug-likeness (QED) is 0.767. The van der Waals surface area contributed by atoms with E-state index in [1.165, 1.54) is 0 Å². The second kappa shape index (κ2) is 4.63. The Bertz CT molecular complexity index is 466. The van der Waals surface area contributed by atoms with Gasteiger partial charge in [0.15, 0.2) is 0 Å². The molecule has 0 bridgehead atoms. The SMILES string of the molecule is ClCc1nnc(-c2cc(Br)cc(Br)c2)o1. The summed E-state index contributed by atoms with van der Waals surface area (Å²) in [6.07, 6.45) is 0. The van der Waals surface area contributed by atoms with Crippen LogP contribution in [0.4, 0.5) is 0 Å². The molecule has 0 unspecified atom stereocenters. The maximum absolute atomic E-state index is 5.58. The number of hydrogen-bond donors (Lipinski definition) is 0. The zero-order chi connectivity index (χ0) is 10.8. The third-order valence-corrected chi connectivity index (χ3v) is 2.83. The molecule has 0 fully saturated rings. The molecule has 0 spiro atoms. The van der Waals surface area contributed by atoms with E-state index in [4.69, 9.17) is 16.0 Å². The lowest BCUT2D eigenvalue weighted by Crippen LogP contribution is -1.78. The van der Waals surface area contributed by atoms with E-state index in [0.717, 1.165) is 14.5 Å². The molecule has 0 N–H and O–H groups in total. The van der Waals surface area contributed by atoms with Gasteiger partial charge in [0.05, 0.1) is 0 Å². The van der Waals surface area contributed by atoms with Crippen LogP contribution in [0.2, 0.25) is 0 Å². The van der Waals surface area contributed by atoms with Crippen LogP contribution < -0.4 is 0 Å². The van der Waals surface area contributed by atoms with Crippen LogP contribution in [0.5, 0.6) is 0 Å². The van der Waals surface area contributed by atoms with Gasteiger partial charge in [0.1, 0.15) is 5.88 Å². The van der Waals surface area contributed by atoms with Crippen molar-refractivity contribution in [1.82, 2.24) is 10.2 Å². The number of halogens is 3. The van der Waals surface area contributed by atoms with Gasteiger partial charge in [-0.2, -0.15) is 0 Å². The van der Waals surface area contributed by atoms with E-state index in [0.29, 0.717) is 11.8 Å². The monoisotopic (exact) mass is 350 g/mol. The van der Waals surface area contributed by atoms with Crippen LogP contribution in [0.15, 0.2) is 31.6 Å². The zero-order valence-electron chi connectivity index (χ0n) is 7.38. The third-order valence-electron chi connectivity index (χ3n) is 1.69. The Labute approximate surface area is 108 Å². The molecule has 15 heavy (non-hydrogen) atoms. The molecule has 0 saturated carbocycles. The van der Waals surface area contributed by atoms with E-state index in [1.54, 1.807) is 0 Å². The van der Waals surface area contributed by atoms with Crippen LogP contribution in [0, 0.1) is 0 Å². The predicted octanol–water partition coefficient (Wildman–Crippen LogP) is 4.00. The molecular formula is C9H5Br2ClN2O. The first-order chi connectivity index (χ1) is 7.19. The molecule has 1 aromatic carbocycles. The Kier molecular flexibility index (Phi) is 3.43. The summed E-state index contributed by atoms with van der Waals surface area (Å²) in [7, 11) is 0. The first-order valence-corrected chi connectivity index (χ1v) is 6.16. The Balaban J connectivity index is 2.44. The number of rotatable bonds is 2. The molecule has 0 atom stereocenters. The molecule has 2 rings (SSSR count). The van der Waals surface area contributed by atoms with E-state index in [9.17, 15) is 0 Å². The van der Waals surface area contributed by atoms with Crippen LogP contribution in [0.25, 0.3) is 11.5 Å². The summed E-state index contributed by atoms with van der Waals surface area (Å²) in [4.78, 5) is 0. The fraction of sp³-hybridized carbons (Fsp3) is 0.111. The van der Waals surface area contributed by atoms with Gasteiger partial charge in [0.2, 0.25) is 11.8 Å². The number of aromatic nitrogens is 2. The van der Waals surface area contributed by atoms with Crippen molar-refractivity contribution in [3.8, 4) is 11.5 Å². The summed E-state index contributed by atoms with van der Waals surface area (Å²) in [5.41, 5.74) is 0.847. The molecule has 0 amide bonds. The lowest BCUT2D eigenvalue weighted by atomic mass is 10.2. The lowest BCUT2D eigenvalue weighted by molar-refractivity contribution is 0.527. The molecule has 78 valence electrons. The Hall–Kier alpha value is -0.390. The molecule has 0 aliphatic rings. The van der Waals surface area contributed by atoms with Crippen LogP contribution >= 0.6 is 43.5 Å². The van der Waals surface area contributed by atoms with Gasteiger partial charge in [0, 0.05) is 14.5 Å². The van der Waals surface area contributed by atoms with Gasteiger partial charge in [0.25, 0.3) is 0 Å². The van der Waals surface area contributed by atoms with Crippen molar-refractivity contribution in [2.45, 2.75) is 5.88 Å². The van der Waals surface area contributed by atoms with Gasteiger partial charge in [-0.1, -0.05) is 31.9 Å². The van der Waals surface area contributed by atoms with Crippen molar-refractivity contribution in [1.29, 1.82) is 0 Å². The van der Waals surface area contributed by atoms with Crippen molar-refractivity contribution in [3.63, 3.8) is 0 Å². The minimum atomic E-state index is 0.224. The molecule has 0 radical (unpaired) electrons. The van der Waals surface area contributed by atoms with E-state index in [2.05, 4.69) is 42.1 Å². The summed E-state index contributed by atoms with van der Waals surface area (Å²) in [5, 5.41) is 7.69. The molecule has 6 heteroatoms. The summed E-state index contributed by atoms with van der Waals surface area (Å²) in [6, 6.07) is 5.73. The topological polar surface area (TPSA) is 38.9 Å². The van der Waals surface area contributed by atoms with Crippen molar-refractivity contribution >= 4 is 43.5 Å². The first kappa shape index (κ1) is 11.1. The molecule has 0 aliphatic heterocycles. The number of benzene rings is 1. The van der Waals surface area contributed by atoms with Crippen LogP contribution in [-0.2, 0) is 5.88 Å². The summed E-state index contributed by atoms with van der Waals surface area (Å²) < 4.78 is 7.22. The van der Waals surface area contributed by atoms with Gasteiger partial charge in [-0.25, -0.2) is 0 Å². The van der Waals surface area contributed by atoms with E-state index < -0.39 is 0 Å². The van der Waals surface area contributed by atoms with Crippen LogP contribution in [0.1, 0.15) is 5.89 Å². The van der Waals surface area contributed by atoms with Crippen molar-refractivity contribution in [3.05, 3.63) is 33.0 Å². The first-order valence-electron chi connectivity index (χ1n) is 4.04. The highest BCUT2D eigenvalue weighted by molar-refractivity contribution is 9.11. The standard InChI is InChI=1S/C9H5Br2ClN2O/c10-6-1-5(2-7(11)3-6)9-14-13-8(4-12)15-9/h1-3H,4H2. The van der Waals surface area contributed by atoms with Crippen molar-refractivity contribution in [2.75, 3.05) is 0 Å². The zero-order valence-corrected chi connectivity index (χ0v) is 11.3. The predicted molar refractivity (Wildman–Crippen MR) is 64.7 cm³/mol. The van der Waals surface area contributed by atoms with Gasteiger partial charge in [-0.3, -0.25) is 0 Å². The smallest absolute Gasteiger partial charge is 0.247 e. The normalized spacial score (nSPS) is 10.6. The number of nitrogens with zero attached hydrogens (tertiary/aromatic N) is 2. The summed E-state index contributed by atoms with van der Waals surface area (Å²) in [6.45, 7) is 0. The van der Waals surface area contributed by atoms with Crippen molar-refractivity contribution in [2.24, 2.45) is 0 Å². The maximum Gasteiger partial charge on any atom is 0.247 e. The van der Waals surface area contributed by atoms with E-state index >= 15 is 0 Å². The minimum Gasteiger partial charge on any atom is -0.419 e. The maximum atomic E-state index is 5.58. The van der Waals surface area contributed by atoms with Gasteiger partial charge < -0.3 is 4.42 Å². The molecule has 1 heterocycles. The highest BCUT2D eigenvalue weighted by Gasteiger charge is 2.08. The molecule has 2 aromatic rings. The van der Waals surface area contributed by atoms with Gasteiger partial charge >= 0.3 is 0 Å². The largest absolute Gasteiger partial charge is 0.419 e. The summed E-state index contributed by atoms with van der Waals surface area (Å²) in [5.74, 6) is 1.11. The second-order valence-electron chi connectivity index (χ2n) is 2.79. The molecular weight excluding hydrogens is 347 g/mol. The Morgan fingerprint density at radius 1 is 1.13 bits per heavy atom. The number of alkyl halides is 1. The van der Waals surface area contributed by atoms with Gasteiger partial charge in [-0.05, 0) is 18.2 Å². The average Bonchev–Trinajstić information content (AvgIpc) is 2.64. The average molecular weight is 352 g/mol. The van der Waals surface area contributed by atoms with Crippen molar-refractivity contribution < 1.29 is 4.42 Å².